The fourth-order valence-corrected chi connectivity index (χ4v) is 3.73. The van der Waals surface area contributed by atoms with Gasteiger partial charge in [-0.1, -0.05) is 20.3 Å². The Balaban J connectivity index is 2.18. The highest BCUT2D eigenvalue weighted by atomic mass is 32.1. The number of aromatic nitrogens is 1. The minimum Gasteiger partial charge on any atom is -0.450 e. The zero-order valence-electron chi connectivity index (χ0n) is 17.3. The molecule has 2 heterocycles. The minimum atomic E-state index is -4.93. The number of nitrogens with two attached hydrogens (primary N) is 1. The molecule has 0 aliphatic rings. The average Bonchev–Trinajstić information content (AvgIpc) is 3.11. The Morgan fingerprint density at radius 2 is 2.00 bits per heavy atom. The number of halogens is 3. The van der Waals surface area contributed by atoms with Gasteiger partial charge in [-0.2, -0.15) is 13.2 Å². The molecule has 0 radical (unpaired) electrons. The van der Waals surface area contributed by atoms with Gasteiger partial charge < -0.3 is 14.9 Å². The zero-order valence-corrected chi connectivity index (χ0v) is 18.1. The minimum absolute atomic E-state index is 0.0420. The van der Waals surface area contributed by atoms with E-state index in [0.29, 0.717) is 17.0 Å². The first-order chi connectivity index (χ1) is 14.4. The number of hydrogen-bond acceptors (Lipinski definition) is 7. The highest BCUT2D eigenvalue weighted by molar-refractivity contribution is 7.09. The molecule has 0 unspecified atom stereocenters. The van der Waals surface area contributed by atoms with Crippen molar-refractivity contribution < 1.29 is 27.1 Å². The van der Waals surface area contributed by atoms with Crippen LogP contribution in [0.25, 0.3) is 22.2 Å². The summed E-state index contributed by atoms with van der Waals surface area (Å²) in [6.07, 6.45) is -4.28. The Hall–Kier alpha value is -2.72. The summed E-state index contributed by atoms with van der Waals surface area (Å²) in [4.78, 5) is 29.4. The Kier molecular flexibility index (Phi) is 6.24. The maximum absolute atomic E-state index is 13.7. The average molecular weight is 454 g/mol. The van der Waals surface area contributed by atoms with Crippen molar-refractivity contribution in [1.29, 1.82) is 0 Å². The molecule has 3 aromatic rings. The Labute approximate surface area is 179 Å². The summed E-state index contributed by atoms with van der Waals surface area (Å²) in [5.74, 6) is -2.37. The SMILES string of the molecule is CC[C@H](C)[C@@H](N)C(=O)Oc1cc(C)c2c(=O)c(-c3csc(C)n3)c(C(F)(F)F)oc2c1. The largest absolute Gasteiger partial charge is 0.450 e. The maximum Gasteiger partial charge on any atom is 0.450 e. The highest BCUT2D eigenvalue weighted by Gasteiger charge is 2.40. The quantitative estimate of drug-likeness (QED) is 0.438. The van der Waals surface area contributed by atoms with Crippen LogP contribution in [-0.4, -0.2) is 17.0 Å². The fraction of sp³-hybridized carbons (Fsp3) is 0.381. The molecule has 0 aliphatic heterocycles. The standard InChI is InChI=1S/C21H21F3N2O4S/c1-5-9(2)17(25)20(28)29-12-6-10(3)15-14(7-12)30-19(21(22,23)24)16(18(15)27)13-8-31-11(4)26-13/h6-9,17H,5,25H2,1-4H3/t9-,17+/m0/s1. The number of rotatable bonds is 5. The van der Waals surface area contributed by atoms with Crippen molar-refractivity contribution in [2.45, 2.75) is 46.3 Å². The van der Waals surface area contributed by atoms with Crippen molar-refractivity contribution >= 4 is 28.3 Å². The van der Waals surface area contributed by atoms with Crippen LogP contribution in [0.5, 0.6) is 5.75 Å². The van der Waals surface area contributed by atoms with Gasteiger partial charge in [0.1, 0.15) is 17.4 Å². The van der Waals surface area contributed by atoms with E-state index in [-0.39, 0.29) is 28.3 Å². The van der Waals surface area contributed by atoms with Crippen LogP contribution in [-0.2, 0) is 11.0 Å². The second-order valence-electron chi connectivity index (χ2n) is 7.33. The lowest BCUT2D eigenvalue weighted by atomic mass is 10.0. The van der Waals surface area contributed by atoms with Crippen molar-refractivity contribution in [3.63, 3.8) is 0 Å². The number of alkyl halides is 3. The zero-order chi connectivity index (χ0) is 23.1. The molecule has 0 spiro atoms. The van der Waals surface area contributed by atoms with E-state index in [2.05, 4.69) is 4.98 Å². The molecule has 0 fully saturated rings. The van der Waals surface area contributed by atoms with Gasteiger partial charge in [0.05, 0.1) is 21.7 Å². The molecule has 0 aliphatic carbocycles. The lowest BCUT2D eigenvalue weighted by Crippen LogP contribution is -2.39. The topological polar surface area (TPSA) is 95.4 Å². The van der Waals surface area contributed by atoms with Crippen LogP contribution in [0.15, 0.2) is 26.7 Å². The number of thiazole rings is 1. The number of aryl methyl sites for hydroxylation is 2. The fourth-order valence-electron chi connectivity index (χ4n) is 3.12. The number of hydrogen-bond donors (Lipinski definition) is 1. The summed E-state index contributed by atoms with van der Waals surface area (Å²) in [5.41, 5.74) is 4.22. The summed E-state index contributed by atoms with van der Waals surface area (Å²) < 4.78 is 51.6. The summed E-state index contributed by atoms with van der Waals surface area (Å²) in [7, 11) is 0. The first kappa shape index (κ1) is 23.0. The monoisotopic (exact) mass is 454 g/mol. The normalized spacial score (nSPS) is 13.9. The van der Waals surface area contributed by atoms with Gasteiger partial charge in [-0.3, -0.25) is 4.79 Å². The highest BCUT2D eigenvalue weighted by Crippen LogP contribution is 2.38. The third-order valence-corrected chi connectivity index (χ3v) is 5.82. The van der Waals surface area contributed by atoms with E-state index in [1.807, 2.05) is 6.92 Å². The van der Waals surface area contributed by atoms with E-state index in [1.54, 1.807) is 13.8 Å². The number of nitrogens with zero attached hydrogens (tertiary/aromatic N) is 1. The predicted molar refractivity (Wildman–Crippen MR) is 111 cm³/mol. The first-order valence-electron chi connectivity index (χ1n) is 9.52. The van der Waals surface area contributed by atoms with Crippen molar-refractivity contribution in [3.05, 3.63) is 44.1 Å². The number of carbonyl (C=O) groups excluding carboxylic acids is 1. The Morgan fingerprint density at radius 1 is 1.32 bits per heavy atom. The van der Waals surface area contributed by atoms with Crippen molar-refractivity contribution in [2.75, 3.05) is 0 Å². The molecule has 2 aromatic heterocycles. The van der Waals surface area contributed by atoms with Crippen LogP contribution in [0.1, 0.15) is 36.6 Å². The third kappa shape index (κ3) is 4.49. The number of esters is 1. The molecule has 0 bridgehead atoms. The van der Waals surface area contributed by atoms with E-state index >= 15 is 0 Å². The lowest BCUT2D eigenvalue weighted by Gasteiger charge is -2.17. The second-order valence-corrected chi connectivity index (χ2v) is 8.39. The maximum atomic E-state index is 13.7. The van der Waals surface area contributed by atoms with Gasteiger partial charge in [0.2, 0.25) is 11.2 Å². The molecule has 0 saturated heterocycles. The number of carbonyl (C=O) groups is 1. The van der Waals surface area contributed by atoms with E-state index in [4.69, 9.17) is 14.9 Å². The van der Waals surface area contributed by atoms with Crippen LogP contribution in [0.2, 0.25) is 0 Å². The van der Waals surface area contributed by atoms with Crippen molar-refractivity contribution in [1.82, 2.24) is 4.98 Å². The molecule has 0 saturated carbocycles. The van der Waals surface area contributed by atoms with Gasteiger partial charge in [0.25, 0.3) is 0 Å². The summed E-state index contributed by atoms with van der Waals surface area (Å²) in [6.45, 7) is 6.80. The van der Waals surface area contributed by atoms with Gasteiger partial charge in [0, 0.05) is 11.4 Å². The molecule has 31 heavy (non-hydrogen) atoms. The molecule has 6 nitrogen and oxygen atoms in total. The predicted octanol–water partition coefficient (Wildman–Crippen LogP) is 4.83. The van der Waals surface area contributed by atoms with Crippen molar-refractivity contribution in [3.8, 4) is 17.0 Å². The van der Waals surface area contributed by atoms with E-state index < -0.39 is 34.9 Å². The molecule has 10 heteroatoms. The molecule has 166 valence electrons. The number of ether oxygens (including phenoxy) is 1. The molecule has 0 amide bonds. The Morgan fingerprint density at radius 3 is 2.55 bits per heavy atom. The van der Waals surface area contributed by atoms with E-state index in [0.717, 1.165) is 17.4 Å². The summed E-state index contributed by atoms with van der Waals surface area (Å²) >= 11 is 1.12. The van der Waals surface area contributed by atoms with Crippen molar-refractivity contribution in [2.24, 2.45) is 11.7 Å². The van der Waals surface area contributed by atoms with Gasteiger partial charge in [-0.15, -0.1) is 11.3 Å². The molecule has 2 atom stereocenters. The Bertz CT molecular complexity index is 1200. The van der Waals surface area contributed by atoms with E-state index in [1.165, 1.54) is 18.4 Å². The first-order valence-corrected chi connectivity index (χ1v) is 10.4. The summed E-state index contributed by atoms with van der Waals surface area (Å²) in [6, 6.07) is 1.59. The third-order valence-electron chi connectivity index (χ3n) is 5.05. The molecule has 3 rings (SSSR count). The van der Waals surface area contributed by atoms with E-state index in [9.17, 15) is 22.8 Å². The van der Waals surface area contributed by atoms with Crippen LogP contribution >= 0.6 is 11.3 Å². The smallest absolute Gasteiger partial charge is 0.450 e. The molecular formula is C21H21F3N2O4S. The second kappa shape index (κ2) is 8.43. The van der Waals surface area contributed by atoms with Gasteiger partial charge in [-0.05, 0) is 31.4 Å². The van der Waals surface area contributed by atoms with Gasteiger partial charge >= 0.3 is 12.1 Å². The summed E-state index contributed by atoms with van der Waals surface area (Å²) in [5, 5.41) is 1.85. The number of fused-ring (bicyclic) bond motifs is 1. The van der Waals surface area contributed by atoms with Gasteiger partial charge in [-0.25, -0.2) is 9.78 Å². The molecule has 2 N–H and O–H groups in total. The van der Waals surface area contributed by atoms with Gasteiger partial charge in [0.15, 0.2) is 0 Å². The molecule has 1 aromatic carbocycles. The number of benzene rings is 1. The van der Waals surface area contributed by atoms with Crippen LogP contribution in [0, 0.1) is 19.8 Å². The molecular weight excluding hydrogens is 433 g/mol. The van der Waals surface area contributed by atoms with Crippen LogP contribution < -0.4 is 15.9 Å². The lowest BCUT2D eigenvalue weighted by molar-refractivity contribution is -0.152. The van der Waals surface area contributed by atoms with Crippen LogP contribution in [0.3, 0.4) is 0 Å². The van der Waals surface area contributed by atoms with Crippen LogP contribution in [0.4, 0.5) is 13.2 Å².